The van der Waals surface area contributed by atoms with E-state index in [9.17, 15) is 0 Å². The van der Waals surface area contributed by atoms with Gasteiger partial charge in [-0.3, -0.25) is 4.98 Å². The predicted molar refractivity (Wildman–Crippen MR) is 371 cm³/mol. The van der Waals surface area contributed by atoms with Crippen LogP contribution in [0.2, 0.25) is 0 Å². The molecule has 88 heavy (non-hydrogen) atoms. The fraction of sp³-hybridized carbons (Fsp3) is 0.131. The SMILES string of the molecule is CCCOc1cc(N(c2ccc(/C=C/C=C(/c3ccccc3)c3cccc(Cc4ccc(N(Cc5ccccc5)Cc5ccccc5)cc4)c3)cc2)c2ccc(/C=C/C(=C(/c3ccccc3)c3ccccc3C)c3cccnc3)cc2)cc2c1CCCC2. The van der Waals surface area contributed by atoms with Gasteiger partial charge in [-0.15, -0.1) is 0 Å². The van der Waals surface area contributed by atoms with E-state index in [1.807, 2.05) is 18.5 Å². The van der Waals surface area contributed by atoms with Crippen molar-refractivity contribution < 1.29 is 4.74 Å². The zero-order valence-corrected chi connectivity index (χ0v) is 50.6. The van der Waals surface area contributed by atoms with Gasteiger partial charge in [0.2, 0.25) is 0 Å². The molecule has 0 unspecified atom stereocenters. The number of rotatable bonds is 22. The second-order valence-corrected chi connectivity index (χ2v) is 22.9. The highest BCUT2D eigenvalue weighted by molar-refractivity contribution is 6.04. The molecule has 0 aliphatic heterocycles. The first-order valence-corrected chi connectivity index (χ1v) is 31.2. The summed E-state index contributed by atoms with van der Waals surface area (Å²) in [6.45, 7) is 6.74. The summed E-state index contributed by atoms with van der Waals surface area (Å²) < 4.78 is 6.58. The molecule has 4 heteroatoms. The highest BCUT2D eigenvalue weighted by Gasteiger charge is 2.22. The van der Waals surface area contributed by atoms with Crippen LogP contribution in [-0.4, -0.2) is 11.6 Å². The number of allylic oxidation sites excluding steroid dienone is 4. The standard InChI is InChI=1S/C84H75N3O/c1-3-55-88-83-59-78(58-73-34-17-19-38-81(73)83)87(77-51-42-65(43-52-77)46-53-82(74-36-22-54-85-60-74)84(71-32-14-7-15-33-71)79-37-18-16-23-63(79)2)76-49-40-64(41-50-76)28-21-39-80(70-30-12-6-13-31-70)72-35-20-29-69(57-72)56-66-44-47-75(48-45-66)86(61-67-24-8-4-9-25-67)62-68-26-10-5-11-27-68/h4-16,18,20-33,35-37,39-54,57-60H,3,17,19,34,38,55-56,61-62H2,1-2H3/b28-21+,53-46+,80-39-,84-82+. The minimum absolute atomic E-state index is 0.689. The highest BCUT2D eigenvalue weighted by atomic mass is 16.5. The van der Waals surface area contributed by atoms with Crippen LogP contribution in [0.3, 0.4) is 0 Å². The lowest BCUT2D eigenvalue weighted by atomic mass is 9.87. The minimum atomic E-state index is 0.689. The van der Waals surface area contributed by atoms with Gasteiger partial charge in [-0.1, -0.05) is 250 Å². The molecule has 432 valence electrons. The zero-order chi connectivity index (χ0) is 59.7. The van der Waals surface area contributed by atoms with Gasteiger partial charge in [-0.05, 0) is 183 Å². The fourth-order valence-corrected chi connectivity index (χ4v) is 12.1. The monoisotopic (exact) mass is 1140 g/mol. The van der Waals surface area contributed by atoms with E-state index in [1.54, 1.807) is 0 Å². The van der Waals surface area contributed by atoms with Gasteiger partial charge in [0.1, 0.15) is 5.75 Å². The second kappa shape index (κ2) is 28.7. The number of pyridine rings is 1. The molecule has 0 saturated heterocycles. The topological polar surface area (TPSA) is 28.6 Å². The average Bonchev–Trinajstić information content (AvgIpc) is 1.54. The van der Waals surface area contributed by atoms with Gasteiger partial charge in [0, 0.05) is 54.2 Å². The molecule has 4 nitrogen and oxygen atoms in total. The molecule has 0 atom stereocenters. The Labute approximate surface area is 521 Å². The Bertz CT molecular complexity index is 4130. The predicted octanol–water partition coefficient (Wildman–Crippen LogP) is 21.1. The number of aromatic nitrogens is 1. The number of hydrogen-bond donors (Lipinski definition) is 0. The Kier molecular flexibility index (Phi) is 19.0. The molecule has 0 radical (unpaired) electrons. The van der Waals surface area contributed by atoms with Gasteiger partial charge in [0.05, 0.1) is 12.3 Å². The number of ether oxygens (including phenoxy) is 1. The number of fused-ring (bicyclic) bond motifs is 1. The Morgan fingerprint density at radius 1 is 0.489 bits per heavy atom. The molecule has 0 saturated carbocycles. The van der Waals surface area contributed by atoms with E-state index in [4.69, 9.17) is 4.74 Å². The summed E-state index contributed by atoms with van der Waals surface area (Å²) in [5.74, 6) is 1.01. The smallest absolute Gasteiger partial charge is 0.124 e. The van der Waals surface area contributed by atoms with E-state index >= 15 is 0 Å². The van der Waals surface area contributed by atoms with E-state index < -0.39 is 0 Å². The highest BCUT2D eigenvalue weighted by Crippen LogP contribution is 2.42. The maximum atomic E-state index is 6.58. The van der Waals surface area contributed by atoms with Crippen molar-refractivity contribution >= 4 is 51.6 Å². The third-order valence-corrected chi connectivity index (χ3v) is 16.6. The summed E-state index contributed by atoms with van der Waals surface area (Å²) in [6, 6.07) is 96.6. The molecule has 10 aromatic carbocycles. The molecule has 0 bridgehead atoms. The summed E-state index contributed by atoms with van der Waals surface area (Å²) in [5, 5.41) is 0. The van der Waals surface area contributed by atoms with Gasteiger partial charge in [-0.25, -0.2) is 0 Å². The van der Waals surface area contributed by atoms with Crippen LogP contribution < -0.4 is 14.5 Å². The Balaban J connectivity index is 0.829. The van der Waals surface area contributed by atoms with Crippen LogP contribution in [0.4, 0.5) is 22.7 Å². The Hall–Kier alpha value is -10.3. The third-order valence-electron chi connectivity index (χ3n) is 16.6. The average molecular weight is 1140 g/mol. The summed E-state index contributed by atoms with van der Waals surface area (Å²) in [5.41, 5.74) is 25.0. The second-order valence-electron chi connectivity index (χ2n) is 22.9. The minimum Gasteiger partial charge on any atom is -0.493 e. The van der Waals surface area contributed by atoms with Crippen molar-refractivity contribution in [3.8, 4) is 5.75 Å². The van der Waals surface area contributed by atoms with Crippen LogP contribution in [-0.2, 0) is 32.4 Å². The molecule has 0 spiro atoms. The lowest BCUT2D eigenvalue weighted by Gasteiger charge is -2.29. The number of hydrogen-bond acceptors (Lipinski definition) is 4. The van der Waals surface area contributed by atoms with E-state index in [-0.39, 0.29) is 0 Å². The van der Waals surface area contributed by atoms with Crippen molar-refractivity contribution in [1.29, 1.82) is 0 Å². The molecule has 11 aromatic rings. The summed E-state index contributed by atoms with van der Waals surface area (Å²) in [4.78, 5) is 9.44. The maximum Gasteiger partial charge on any atom is 0.124 e. The van der Waals surface area contributed by atoms with Crippen LogP contribution in [0.5, 0.6) is 5.75 Å². The first-order valence-electron chi connectivity index (χ1n) is 31.2. The summed E-state index contributed by atoms with van der Waals surface area (Å²) in [7, 11) is 0. The summed E-state index contributed by atoms with van der Waals surface area (Å²) in [6.07, 6.45) is 21.2. The molecule has 0 fully saturated rings. The molecule has 1 heterocycles. The van der Waals surface area contributed by atoms with E-state index in [2.05, 4.69) is 320 Å². The van der Waals surface area contributed by atoms with Crippen molar-refractivity contribution in [3.63, 3.8) is 0 Å². The van der Waals surface area contributed by atoms with Crippen LogP contribution in [0.25, 0.3) is 28.9 Å². The molecular weight excluding hydrogens is 1070 g/mol. The third kappa shape index (κ3) is 14.5. The van der Waals surface area contributed by atoms with Crippen molar-refractivity contribution in [3.05, 3.63) is 375 Å². The van der Waals surface area contributed by atoms with E-state index in [1.165, 1.54) is 85.3 Å². The van der Waals surface area contributed by atoms with Crippen molar-refractivity contribution in [1.82, 2.24) is 4.98 Å². The quantitative estimate of drug-likeness (QED) is 0.0633. The molecule has 1 aliphatic carbocycles. The Morgan fingerprint density at radius 2 is 1.07 bits per heavy atom. The van der Waals surface area contributed by atoms with Gasteiger partial charge in [0.15, 0.2) is 0 Å². The number of aryl methyl sites for hydroxylation is 2. The van der Waals surface area contributed by atoms with E-state index in [0.29, 0.717) is 6.61 Å². The van der Waals surface area contributed by atoms with Gasteiger partial charge in [0.25, 0.3) is 0 Å². The van der Waals surface area contributed by atoms with Gasteiger partial charge >= 0.3 is 0 Å². The first-order chi connectivity index (χ1) is 43.5. The van der Waals surface area contributed by atoms with Crippen LogP contribution >= 0.6 is 0 Å². The molecule has 1 aliphatic rings. The Morgan fingerprint density at radius 3 is 1.72 bits per heavy atom. The fourth-order valence-electron chi connectivity index (χ4n) is 12.1. The normalized spacial score (nSPS) is 12.6. The van der Waals surface area contributed by atoms with E-state index in [0.717, 1.165) is 89.4 Å². The zero-order valence-electron chi connectivity index (χ0n) is 50.6. The maximum absolute atomic E-state index is 6.58. The lowest BCUT2D eigenvalue weighted by molar-refractivity contribution is 0.312. The lowest BCUT2D eigenvalue weighted by Crippen LogP contribution is -2.22. The molecular formula is C84H75N3O. The van der Waals surface area contributed by atoms with Crippen molar-refractivity contribution in [2.24, 2.45) is 0 Å². The van der Waals surface area contributed by atoms with Crippen LogP contribution in [0, 0.1) is 6.92 Å². The van der Waals surface area contributed by atoms with Gasteiger partial charge < -0.3 is 14.5 Å². The first kappa shape index (κ1) is 58.1. The van der Waals surface area contributed by atoms with Crippen LogP contribution in [0.15, 0.2) is 298 Å². The molecule has 12 rings (SSSR count). The number of benzene rings is 10. The molecule has 0 amide bonds. The van der Waals surface area contributed by atoms with Gasteiger partial charge in [-0.2, -0.15) is 0 Å². The molecule has 1 aromatic heterocycles. The molecule has 0 N–H and O–H groups in total. The van der Waals surface area contributed by atoms with Crippen LogP contribution in [0.1, 0.15) is 104 Å². The van der Waals surface area contributed by atoms with Crippen molar-refractivity contribution in [2.45, 2.75) is 65.5 Å². The number of anilines is 4. The number of nitrogens with zero attached hydrogens (tertiary/aromatic N) is 3. The summed E-state index contributed by atoms with van der Waals surface area (Å²) >= 11 is 0. The largest absolute Gasteiger partial charge is 0.493 e. The van der Waals surface area contributed by atoms with Crippen molar-refractivity contribution in [2.75, 3.05) is 16.4 Å².